The van der Waals surface area contributed by atoms with Gasteiger partial charge in [-0.1, -0.05) is 77.8 Å². The van der Waals surface area contributed by atoms with Gasteiger partial charge < -0.3 is 0 Å². The van der Waals surface area contributed by atoms with Gasteiger partial charge in [0.15, 0.2) is 0 Å². The SMILES string of the molecule is CCCCSC(=S)CCCC.CCCCSC(=S)CCCC.[Zn+2]. The summed E-state index contributed by atoms with van der Waals surface area (Å²) in [6, 6.07) is 0. The monoisotopic (exact) mass is 444 g/mol. The first kappa shape index (κ1) is 29.3. The molecule has 0 aliphatic carbocycles. The summed E-state index contributed by atoms with van der Waals surface area (Å²) >= 11 is 14.1. The molecular formula is C18H36S4Zn+2. The molecule has 0 aromatic heterocycles. The van der Waals surface area contributed by atoms with E-state index in [0.29, 0.717) is 0 Å². The Morgan fingerprint density at radius 3 is 1.17 bits per heavy atom. The number of unbranched alkanes of at least 4 members (excludes halogenated alkanes) is 4. The van der Waals surface area contributed by atoms with Gasteiger partial charge in [0.25, 0.3) is 0 Å². The van der Waals surface area contributed by atoms with Crippen molar-refractivity contribution in [3.63, 3.8) is 0 Å². The first-order valence-electron chi connectivity index (χ1n) is 8.93. The van der Waals surface area contributed by atoms with Crippen LogP contribution in [0.4, 0.5) is 0 Å². The third kappa shape index (κ3) is 28.6. The maximum atomic E-state index is 5.20. The Kier molecular flexibility index (Phi) is 32.8. The molecular weight excluding hydrogens is 410 g/mol. The molecule has 0 heterocycles. The van der Waals surface area contributed by atoms with Gasteiger partial charge in [-0.05, 0) is 50.0 Å². The molecule has 5 heteroatoms. The Morgan fingerprint density at radius 2 is 0.913 bits per heavy atom. The van der Waals surface area contributed by atoms with Crippen molar-refractivity contribution in [3.8, 4) is 0 Å². The number of rotatable bonds is 12. The molecule has 132 valence electrons. The third-order valence-corrected chi connectivity index (χ3v) is 6.14. The van der Waals surface area contributed by atoms with Crippen LogP contribution in [-0.4, -0.2) is 19.9 Å². The molecule has 0 rings (SSSR count). The fraction of sp³-hybridized carbons (Fsp3) is 0.889. The number of hydrogen-bond donors (Lipinski definition) is 0. The molecule has 0 fully saturated rings. The average molecular weight is 446 g/mol. The van der Waals surface area contributed by atoms with E-state index in [1.54, 1.807) is 0 Å². The molecule has 0 spiro atoms. The smallest absolute Gasteiger partial charge is 0.119 e. The van der Waals surface area contributed by atoms with E-state index in [9.17, 15) is 0 Å². The number of thiocarbonyl (C=S) groups is 2. The van der Waals surface area contributed by atoms with Crippen LogP contribution in [0, 0.1) is 0 Å². The molecule has 23 heavy (non-hydrogen) atoms. The van der Waals surface area contributed by atoms with E-state index in [1.807, 2.05) is 23.5 Å². The molecule has 0 unspecified atom stereocenters. The Balaban J connectivity index is -0.000000333. The van der Waals surface area contributed by atoms with E-state index < -0.39 is 0 Å². The zero-order chi connectivity index (χ0) is 17.1. The van der Waals surface area contributed by atoms with Gasteiger partial charge in [-0.3, -0.25) is 0 Å². The third-order valence-electron chi connectivity index (χ3n) is 2.99. The van der Waals surface area contributed by atoms with Gasteiger partial charge in [-0.2, -0.15) is 0 Å². The van der Waals surface area contributed by atoms with Gasteiger partial charge in [0.2, 0.25) is 0 Å². The summed E-state index contributed by atoms with van der Waals surface area (Å²) in [7, 11) is 0. The Labute approximate surface area is 178 Å². The van der Waals surface area contributed by atoms with Crippen LogP contribution in [0.1, 0.15) is 91.9 Å². The molecule has 0 saturated carbocycles. The molecule has 0 aromatic carbocycles. The minimum Gasteiger partial charge on any atom is -0.119 e. The van der Waals surface area contributed by atoms with Gasteiger partial charge in [0.05, 0.1) is 0 Å². The quantitative estimate of drug-likeness (QED) is 0.169. The maximum Gasteiger partial charge on any atom is 2.00 e. The van der Waals surface area contributed by atoms with Crippen LogP contribution in [0.3, 0.4) is 0 Å². The van der Waals surface area contributed by atoms with Gasteiger partial charge in [-0.15, -0.1) is 23.5 Å². The first-order chi connectivity index (χ1) is 10.6. The molecule has 0 N–H and O–H groups in total. The van der Waals surface area contributed by atoms with Crippen LogP contribution < -0.4 is 0 Å². The normalized spacial score (nSPS) is 9.57. The topological polar surface area (TPSA) is 0 Å². The van der Waals surface area contributed by atoms with Gasteiger partial charge in [-0.25, -0.2) is 0 Å². The largest absolute Gasteiger partial charge is 2.00 e. The van der Waals surface area contributed by atoms with Crippen molar-refractivity contribution in [2.45, 2.75) is 91.9 Å². The number of thioether (sulfide) groups is 2. The predicted octanol–water partition coefficient (Wildman–Crippen LogP) is 8.07. The Hall–Kier alpha value is 1.50. The molecule has 0 aliphatic heterocycles. The van der Waals surface area contributed by atoms with Crippen LogP contribution in [0.25, 0.3) is 0 Å². The van der Waals surface area contributed by atoms with Crippen molar-refractivity contribution in [3.05, 3.63) is 0 Å². The molecule has 0 aliphatic rings. The predicted molar refractivity (Wildman–Crippen MR) is 119 cm³/mol. The molecule has 0 saturated heterocycles. The fourth-order valence-corrected chi connectivity index (χ4v) is 4.13. The zero-order valence-corrected chi connectivity index (χ0v) is 22.1. The second kappa shape index (κ2) is 25.7. The van der Waals surface area contributed by atoms with Crippen molar-refractivity contribution in [2.24, 2.45) is 0 Å². The van der Waals surface area contributed by atoms with Crippen LogP contribution in [0.5, 0.6) is 0 Å². The molecule has 0 bridgehead atoms. The van der Waals surface area contributed by atoms with Crippen LogP contribution in [-0.2, 0) is 19.5 Å². The summed E-state index contributed by atoms with van der Waals surface area (Å²) in [4.78, 5) is 0. The molecule has 0 nitrogen and oxygen atoms in total. The second-order valence-corrected chi connectivity index (χ2v) is 9.24. The first-order valence-corrected chi connectivity index (χ1v) is 11.7. The van der Waals surface area contributed by atoms with E-state index in [1.165, 1.54) is 71.3 Å². The summed E-state index contributed by atoms with van der Waals surface area (Å²) in [5.74, 6) is 2.44. The van der Waals surface area contributed by atoms with Crippen molar-refractivity contribution >= 4 is 56.4 Å². The summed E-state index contributed by atoms with van der Waals surface area (Å²) in [5, 5.41) is 0. The van der Waals surface area contributed by atoms with E-state index >= 15 is 0 Å². The van der Waals surface area contributed by atoms with Crippen LogP contribution in [0.15, 0.2) is 0 Å². The van der Waals surface area contributed by atoms with Crippen LogP contribution >= 0.6 is 48.0 Å². The maximum absolute atomic E-state index is 5.20. The zero-order valence-electron chi connectivity index (χ0n) is 15.8. The van der Waals surface area contributed by atoms with E-state index in [4.69, 9.17) is 24.4 Å². The van der Waals surface area contributed by atoms with Crippen LogP contribution in [0.2, 0.25) is 0 Å². The minimum absolute atomic E-state index is 0. The standard InChI is InChI=1S/2C9H18S2.Zn/c2*1-3-5-7-9(10)11-8-6-4-2;/h2*3-8H2,1-2H3;/q;;+2. The molecule has 0 amide bonds. The second-order valence-electron chi connectivity index (χ2n) is 5.36. The Bertz CT molecular complexity index is 231. The van der Waals surface area contributed by atoms with Gasteiger partial charge in [0.1, 0.15) is 0 Å². The van der Waals surface area contributed by atoms with E-state index in [2.05, 4.69) is 27.7 Å². The molecule has 0 atom stereocenters. The average Bonchev–Trinajstić information content (AvgIpc) is 2.52. The molecule has 0 aromatic rings. The summed E-state index contributed by atoms with van der Waals surface area (Å²) in [6.07, 6.45) is 12.5. The Morgan fingerprint density at radius 1 is 0.609 bits per heavy atom. The van der Waals surface area contributed by atoms with Crippen molar-refractivity contribution in [2.75, 3.05) is 11.5 Å². The fourth-order valence-electron chi connectivity index (χ4n) is 1.45. The number of hydrogen-bond acceptors (Lipinski definition) is 4. The summed E-state index contributed by atoms with van der Waals surface area (Å²) in [5.41, 5.74) is 0. The van der Waals surface area contributed by atoms with Gasteiger partial charge >= 0.3 is 19.5 Å². The van der Waals surface area contributed by atoms with Crippen molar-refractivity contribution < 1.29 is 19.5 Å². The summed E-state index contributed by atoms with van der Waals surface area (Å²) < 4.78 is 2.42. The van der Waals surface area contributed by atoms with Gasteiger partial charge in [0, 0.05) is 8.39 Å². The van der Waals surface area contributed by atoms with E-state index in [-0.39, 0.29) is 19.5 Å². The summed E-state index contributed by atoms with van der Waals surface area (Å²) in [6.45, 7) is 8.85. The van der Waals surface area contributed by atoms with E-state index in [0.717, 1.165) is 12.8 Å². The molecule has 0 radical (unpaired) electrons. The minimum atomic E-state index is 0. The van der Waals surface area contributed by atoms with Crippen molar-refractivity contribution in [1.82, 2.24) is 0 Å². The van der Waals surface area contributed by atoms with Crippen molar-refractivity contribution in [1.29, 1.82) is 0 Å².